The summed E-state index contributed by atoms with van der Waals surface area (Å²) in [5.74, 6) is -0.930. The molecule has 3 aromatic rings. The predicted octanol–water partition coefficient (Wildman–Crippen LogP) is 3.57. The van der Waals surface area contributed by atoms with Gasteiger partial charge in [-0.05, 0) is 63.1 Å². The Bertz CT molecular complexity index is 1370. The monoisotopic (exact) mass is 501 g/mol. The first-order valence-electron chi connectivity index (χ1n) is 11.3. The number of aromatic nitrogens is 1. The third-order valence-electron chi connectivity index (χ3n) is 5.83. The summed E-state index contributed by atoms with van der Waals surface area (Å²) in [7, 11) is -3.62. The van der Waals surface area contributed by atoms with Crippen molar-refractivity contribution in [2.75, 3.05) is 13.2 Å². The van der Waals surface area contributed by atoms with E-state index < -0.39 is 21.9 Å². The number of para-hydroxylation sites is 1. The van der Waals surface area contributed by atoms with Crippen molar-refractivity contribution in [3.05, 3.63) is 58.9 Å². The lowest BCUT2D eigenvalue weighted by Gasteiger charge is -2.32. The number of amides is 1. The minimum atomic E-state index is -3.62. The number of rotatable bonds is 6. The topological polar surface area (TPSA) is 98.0 Å². The first kappa shape index (κ1) is 24.3. The lowest BCUT2D eigenvalue weighted by atomic mass is 10.1. The number of fused-ring (bicyclic) bond motifs is 1. The Balaban J connectivity index is 1.64. The molecule has 1 atom stereocenters. The number of hydrogen-bond donors (Lipinski definition) is 0. The molecule has 1 aliphatic heterocycles. The molecule has 0 bridgehead atoms. The molecule has 4 rings (SSSR count). The summed E-state index contributed by atoms with van der Waals surface area (Å²) >= 11 is 1.30. The molecule has 1 unspecified atom stereocenters. The smallest absolute Gasteiger partial charge is 0.326 e. The van der Waals surface area contributed by atoms with E-state index in [1.54, 1.807) is 11.5 Å². The zero-order valence-electron chi connectivity index (χ0n) is 19.1. The number of nitrogens with zero attached hydrogens (tertiary/aromatic N) is 3. The van der Waals surface area contributed by atoms with Gasteiger partial charge in [0.2, 0.25) is 10.0 Å². The molecule has 1 aromatic heterocycles. The van der Waals surface area contributed by atoms with Crippen LogP contribution in [-0.4, -0.2) is 48.4 Å². The lowest BCUT2D eigenvalue weighted by molar-refractivity contribution is -0.143. The summed E-state index contributed by atoms with van der Waals surface area (Å²) in [4.78, 5) is 29.8. The second-order valence-corrected chi connectivity index (χ2v) is 11.0. The molecule has 0 spiro atoms. The van der Waals surface area contributed by atoms with Gasteiger partial charge < -0.3 is 9.30 Å². The normalized spacial score (nSPS) is 17.7. The van der Waals surface area contributed by atoms with Crippen molar-refractivity contribution >= 4 is 43.5 Å². The maximum Gasteiger partial charge on any atom is 0.326 e. The molecule has 2 heterocycles. The fraction of sp³-hybridized carbons (Fsp3) is 0.375. The van der Waals surface area contributed by atoms with Crippen molar-refractivity contribution in [3.63, 3.8) is 0 Å². The third kappa shape index (κ3) is 4.98. The number of hydrogen-bond acceptors (Lipinski definition) is 6. The van der Waals surface area contributed by atoms with Gasteiger partial charge in [-0.1, -0.05) is 29.9 Å². The highest BCUT2D eigenvalue weighted by Gasteiger charge is 2.30. The van der Waals surface area contributed by atoms with E-state index in [0.29, 0.717) is 11.3 Å². The molecule has 2 aromatic carbocycles. The molecule has 0 N–H and O–H groups in total. The summed E-state index contributed by atoms with van der Waals surface area (Å²) < 4.78 is 35.2. The number of thiazole rings is 1. The van der Waals surface area contributed by atoms with Crippen molar-refractivity contribution in [2.24, 2.45) is 4.99 Å². The summed E-state index contributed by atoms with van der Waals surface area (Å²) in [6, 6.07) is 13.3. The van der Waals surface area contributed by atoms with Crippen LogP contribution in [0, 0.1) is 0 Å². The molecule has 10 heteroatoms. The average Bonchev–Trinajstić information content (AvgIpc) is 3.16. The van der Waals surface area contributed by atoms with Gasteiger partial charge in [-0.3, -0.25) is 9.59 Å². The van der Waals surface area contributed by atoms with E-state index in [0.717, 1.165) is 29.5 Å². The highest BCUT2D eigenvalue weighted by molar-refractivity contribution is 7.89. The van der Waals surface area contributed by atoms with Crippen molar-refractivity contribution < 1.29 is 22.7 Å². The fourth-order valence-corrected chi connectivity index (χ4v) is 6.81. The molecule has 8 nitrogen and oxygen atoms in total. The van der Waals surface area contributed by atoms with Crippen LogP contribution >= 0.6 is 11.3 Å². The molecule has 180 valence electrons. The molecular weight excluding hydrogens is 474 g/mol. The van der Waals surface area contributed by atoms with E-state index in [9.17, 15) is 18.0 Å². The number of esters is 1. The molecule has 34 heavy (non-hydrogen) atoms. The van der Waals surface area contributed by atoms with Gasteiger partial charge in [0.25, 0.3) is 5.91 Å². The van der Waals surface area contributed by atoms with Gasteiger partial charge >= 0.3 is 5.97 Å². The van der Waals surface area contributed by atoms with E-state index in [1.165, 1.54) is 39.9 Å². The number of piperidine rings is 1. The van der Waals surface area contributed by atoms with E-state index >= 15 is 0 Å². The van der Waals surface area contributed by atoms with Crippen LogP contribution in [0.1, 0.15) is 43.5 Å². The first-order chi connectivity index (χ1) is 16.3. The van der Waals surface area contributed by atoms with E-state index in [4.69, 9.17) is 4.74 Å². The molecule has 0 radical (unpaired) electrons. The van der Waals surface area contributed by atoms with Crippen LogP contribution in [0.3, 0.4) is 0 Å². The van der Waals surface area contributed by atoms with Crippen molar-refractivity contribution in [3.8, 4) is 0 Å². The maximum absolute atomic E-state index is 13.0. The number of carbonyl (C=O) groups is 2. The van der Waals surface area contributed by atoms with Crippen molar-refractivity contribution in [1.82, 2.24) is 8.87 Å². The second kappa shape index (κ2) is 10.2. The van der Waals surface area contributed by atoms with Crippen LogP contribution in [0.4, 0.5) is 0 Å². The fourth-order valence-electron chi connectivity index (χ4n) is 4.08. The Morgan fingerprint density at radius 3 is 2.56 bits per heavy atom. The second-order valence-electron chi connectivity index (χ2n) is 8.15. The summed E-state index contributed by atoms with van der Waals surface area (Å²) in [6.07, 6.45) is 2.71. The minimum Gasteiger partial charge on any atom is -0.465 e. The van der Waals surface area contributed by atoms with E-state index in [-0.39, 0.29) is 29.7 Å². The van der Waals surface area contributed by atoms with Crippen LogP contribution in [0.25, 0.3) is 10.2 Å². The van der Waals surface area contributed by atoms with Crippen molar-refractivity contribution in [1.29, 1.82) is 0 Å². The Hall–Kier alpha value is -2.82. The highest BCUT2D eigenvalue weighted by Crippen LogP contribution is 2.25. The number of carbonyl (C=O) groups excluding carboxylic acids is 2. The van der Waals surface area contributed by atoms with Crippen molar-refractivity contribution in [2.45, 2.75) is 50.6 Å². The Morgan fingerprint density at radius 2 is 1.85 bits per heavy atom. The largest absolute Gasteiger partial charge is 0.465 e. The van der Waals surface area contributed by atoms with Crippen LogP contribution in [0.5, 0.6) is 0 Å². The van der Waals surface area contributed by atoms with Crippen LogP contribution in [0.2, 0.25) is 0 Å². The first-order valence-corrected chi connectivity index (χ1v) is 13.5. The Morgan fingerprint density at radius 1 is 1.12 bits per heavy atom. The quantitative estimate of drug-likeness (QED) is 0.481. The highest BCUT2D eigenvalue weighted by atomic mass is 32.2. The standard InChI is InChI=1S/C24H27N3O5S2/c1-3-32-22(28)16-26-20-9-4-5-10-21(20)33-24(26)25-23(29)18-11-13-19(14-12-18)34(30,31)27-15-7-6-8-17(27)2/h4-5,9-14,17H,3,6-8,15-16H2,1-2H3. The molecule has 1 fully saturated rings. The van der Waals surface area contributed by atoms with E-state index in [2.05, 4.69) is 4.99 Å². The molecule has 0 aliphatic carbocycles. The number of sulfonamides is 1. The molecule has 0 saturated carbocycles. The zero-order valence-corrected chi connectivity index (χ0v) is 20.8. The number of benzene rings is 2. The Labute approximate surface area is 202 Å². The molecular formula is C24H27N3O5S2. The van der Waals surface area contributed by atoms with E-state index in [1.807, 2.05) is 31.2 Å². The van der Waals surface area contributed by atoms with Gasteiger partial charge in [0.1, 0.15) is 6.54 Å². The minimum absolute atomic E-state index is 0.0436. The van der Waals surface area contributed by atoms with Crippen LogP contribution < -0.4 is 4.80 Å². The Kier molecular flexibility index (Phi) is 7.30. The SMILES string of the molecule is CCOC(=O)Cn1c(=NC(=O)c2ccc(S(=O)(=O)N3CCCCC3C)cc2)sc2ccccc21. The lowest BCUT2D eigenvalue weighted by Crippen LogP contribution is -2.41. The maximum atomic E-state index is 13.0. The van der Waals surface area contributed by atoms with Gasteiger partial charge in [-0.15, -0.1) is 0 Å². The van der Waals surface area contributed by atoms with Gasteiger partial charge in [-0.25, -0.2) is 8.42 Å². The van der Waals surface area contributed by atoms with Crippen LogP contribution in [-0.2, 0) is 26.1 Å². The number of ether oxygens (including phenoxy) is 1. The predicted molar refractivity (Wildman–Crippen MR) is 130 cm³/mol. The molecule has 1 amide bonds. The van der Waals surface area contributed by atoms with Gasteiger partial charge in [0, 0.05) is 18.2 Å². The van der Waals surface area contributed by atoms with Gasteiger partial charge in [0.15, 0.2) is 4.80 Å². The van der Waals surface area contributed by atoms with Gasteiger partial charge in [0.05, 0.1) is 21.7 Å². The third-order valence-corrected chi connectivity index (χ3v) is 8.91. The average molecular weight is 502 g/mol. The summed E-state index contributed by atoms with van der Waals surface area (Å²) in [5, 5.41) is 0. The van der Waals surface area contributed by atoms with Crippen LogP contribution in [0.15, 0.2) is 58.4 Å². The van der Waals surface area contributed by atoms with Gasteiger partial charge in [-0.2, -0.15) is 9.30 Å². The zero-order chi connectivity index (χ0) is 24.3. The molecule has 1 saturated heterocycles. The molecule has 1 aliphatic rings. The summed E-state index contributed by atoms with van der Waals surface area (Å²) in [5.41, 5.74) is 1.05. The summed E-state index contributed by atoms with van der Waals surface area (Å²) in [6.45, 7) is 4.36.